The molecule has 0 aromatic heterocycles. The number of carbonyl (C=O) groups is 1. The summed E-state index contributed by atoms with van der Waals surface area (Å²) in [5.41, 5.74) is 2.61. The molecular formula is C19H23NO3. The van der Waals surface area contributed by atoms with Crippen molar-refractivity contribution in [1.82, 2.24) is 5.32 Å². The predicted octanol–water partition coefficient (Wildman–Crippen LogP) is 3.89. The van der Waals surface area contributed by atoms with Gasteiger partial charge in [-0.2, -0.15) is 0 Å². The summed E-state index contributed by atoms with van der Waals surface area (Å²) in [6, 6.07) is 13.0. The maximum absolute atomic E-state index is 12.6. The number of hydrogen-bond acceptors (Lipinski definition) is 3. The lowest BCUT2D eigenvalue weighted by Crippen LogP contribution is -2.27. The molecule has 4 nitrogen and oxygen atoms in total. The number of amides is 1. The van der Waals surface area contributed by atoms with Crippen molar-refractivity contribution in [3.63, 3.8) is 0 Å². The van der Waals surface area contributed by atoms with Crippen LogP contribution in [0, 0.1) is 6.92 Å². The number of methoxy groups -OCH3 is 1. The molecule has 4 heteroatoms. The monoisotopic (exact) mass is 313 g/mol. The third kappa shape index (κ3) is 4.03. The number of rotatable bonds is 6. The van der Waals surface area contributed by atoms with Crippen LogP contribution >= 0.6 is 0 Å². The Balaban J connectivity index is 2.22. The molecule has 0 fully saturated rings. The average Bonchev–Trinajstić information content (AvgIpc) is 2.55. The fourth-order valence-electron chi connectivity index (χ4n) is 2.48. The van der Waals surface area contributed by atoms with E-state index in [9.17, 15) is 4.79 Å². The van der Waals surface area contributed by atoms with E-state index in [0.29, 0.717) is 17.9 Å². The van der Waals surface area contributed by atoms with E-state index in [0.717, 1.165) is 16.9 Å². The minimum absolute atomic E-state index is 0.162. The fourth-order valence-corrected chi connectivity index (χ4v) is 2.48. The van der Waals surface area contributed by atoms with Gasteiger partial charge in [0.15, 0.2) is 0 Å². The Hall–Kier alpha value is -2.49. The summed E-state index contributed by atoms with van der Waals surface area (Å²) in [5, 5.41) is 3.01. The van der Waals surface area contributed by atoms with Gasteiger partial charge in [0.1, 0.15) is 11.5 Å². The van der Waals surface area contributed by atoms with Crippen LogP contribution in [0.5, 0.6) is 11.5 Å². The normalized spacial score (nSPS) is 11.7. The zero-order chi connectivity index (χ0) is 16.8. The largest absolute Gasteiger partial charge is 0.496 e. The van der Waals surface area contributed by atoms with E-state index in [-0.39, 0.29) is 11.9 Å². The molecule has 2 aromatic carbocycles. The van der Waals surface area contributed by atoms with Crippen LogP contribution in [0.3, 0.4) is 0 Å². The van der Waals surface area contributed by atoms with Gasteiger partial charge in [-0.1, -0.05) is 29.8 Å². The van der Waals surface area contributed by atoms with Gasteiger partial charge in [-0.05, 0) is 39.0 Å². The van der Waals surface area contributed by atoms with Gasteiger partial charge in [0.05, 0.1) is 25.3 Å². The maximum Gasteiger partial charge on any atom is 0.255 e. The van der Waals surface area contributed by atoms with Crippen LogP contribution in [0.15, 0.2) is 42.5 Å². The molecule has 0 spiro atoms. The molecule has 0 aliphatic rings. The summed E-state index contributed by atoms with van der Waals surface area (Å²) in [6.45, 7) is 6.38. The first-order valence-electron chi connectivity index (χ1n) is 7.74. The summed E-state index contributed by atoms with van der Waals surface area (Å²) in [6.07, 6.45) is 0. The molecule has 23 heavy (non-hydrogen) atoms. The van der Waals surface area contributed by atoms with Crippen molar-refractivity contribution in [2.75, 3.05) is 13.7 Å². The van der Waals surface area contributed by atoms with E-state index in [4.69, 9.17) is 9.47 Å². The molecule has 0 saturated heterocycles. The van der Waals surface area contributed by atoms with Crippen molar-refractivity contribution in [2.24, 2.45) is 0 Å². The number of benzene rings is 2. The zero-order valence-electron chi connectivity index (χ0n) is 14.1. The average molecular weight is 313 g/mol. The summed E-state index contributed by atoms with van der Waals surface area (Å²) < 4.78 is 10.9. The van der Waals surface area contributed by atoms with Crippen molar-refractivity contribution in [3.05, 3.63) is 59.2 Å². The maximum atomic E-state index is 12.6. The van der Waals surface area contributed by atoms with Gasteiger partial charge in [-0.25, -0.2) is 0 Å². The van der Waals surface area contributed by atoms with Crippen molar-refractivity contribution >= 4 is 5.91 Å². The van der Waals surface area contributed by atoms with E-state index in [1.165, 1.54) is 0 Å². The summed E-state index contributed by atoms with van der Waals surface area (Å²) >= 11 is 0. The van der Waals surface area contributed by atoms with Crippen molar-refractivity contribution < 1.29 is 14.3 Å². The van der Waals surface area contributed by atoms with Crippen LogP contribution in [-0.2, 0) is 0 Å². The molecule has 1 atom stereocenters. The molecule has 2 rings (SSSR count). The minimum Gasteiger partial charge on any atom is -0.496 e. The predicted molar refractivity (Wildman–Crippen MR) is 91.2 cm³/mol. The topological polar surface area (TPSA) is 47.6 Å². The number of ether oxygens (including phenoxy) is 2. The molecule has 0 radical (unpaired) electrons. The van der Waals surface area contributed by atoms with E-state index in [1.807, 2.05) is 51.1 Å². The van der Waals surface area contributed by atoms with Crippen molar-refractivity contribution in [1.29, 1.82) is 0 Å². The molecule has 0 aliphatic carbocycles. The summed E-state index contributed by atoms with van der Waals surface area (Å²) in [4.78, 5) is 12.6. The van der Waals surface area contributed by atoms with Crippen LogP contribution in [0.25, 0.3) is 0 Å². The highest BCUT2D eigenvalue weighted by Crippen LogP contribution is 2.27. The molecule has 1 N–H and O–H groups in total. The van der Waals surface area contributed by atoms with Gasteiger partial charge in [0.2, 0.25) is 0 Å². The van der Waals surface area contributed by atoms with Gasteiger partial charge in [0.25, 0.3) is 5.91 Å². The first kappa shape index (κ1) is 16.9. The van der Waals surface area contributed by atoms with Gasteiger partial charge in [-0.3, -0.25) is 4.79 Å². The minimum atomic E-state index is -0.174. The Labute approximate surface area is 137 Å². The molecule has 2 aromatic rings. The first-order valence-corrected chi connectivity index (χ1v) is 7.74. The number of hydrogen-bond donors (Lipinski definition) is 1. The summed E-state index contributed by atoms with van der Waals surface area (Å²) in [5.74, 6) is 1.20. The van der Waals surface area contributed by atoms with E-state index < -0.39 is 0 Å². The van der Waals surface area contributed by atoms with Crippen molar-refractivity contribution in [3.8, 4) is 11.5 Å². The van der Waals surface area contributed by atoms with Crippen LogP contribution in [-0.4, -0.2) is 19.6 Å². The smallest absolute Gasteiger partial charge is 0.255 e. The highest BCUT2D eigenvalue weighted by atomic mass is 16.5. The summed E-state index contributed by atoms with van der Waals surface area (Å²) in [7, 11) is 1.63. The SMILES string of the molecule is CCOc1ccccc1C(=O)NC(C)c1cc(C)ccc1OC. The quantitative estimate of drug-likeness (QED) is 0.880. The van der Waals surface area contributed by atoms with Crippen molar-refractivity contribution in [2.45, 2.75) is 26.8 Å². The van der Waals surface area contributed by atoms with Crippen LogP contribution < -0.4 is 14.8 Å². The second kappa shape index (κ2) is 7.68. The van der Waals surface area contributed by atoms with E-state index in [1.54, 1.807) is 19.2 Å². The number of para-hydroxylation sites is 1. The van der Waals surface area contributed by atoms with Gasteiger partial charge in [-0.15, -0.1) is 0 Å². The Kier molecular flexibility index (Phi) is 5.63. The molecule has 0 bridgehead atoms. The highest BCUT2D eigenvalue weighted by Gasteiger charge is 2.17. The highest BCUT2D eigenvalue weighted by molar-refractivity contribution is 5.97. The number of aryl methyl sites for hydroxylation is 1. The Morgan fingerprint density at radius 2 is 1.91 bits per heavy atom. The van der Waals surface area contributed by atoms with Gasteiger partial charge >= 0.3 is 0 Å². The third-order valence-electron chi connectivity index (χ3n) is 3.63. The van der Waals surface area contributed by atoms with E-state index >= 15 is 0 Å². The molecular weight excluding hydrogens is 290 g/mol. The second-order valence-electron chi connectivity index (χ2n) is 5.37. The van der Waals surface area contributed by atoms with Gasteiger partial charge < -0.3 is 14.8 Å². The number of nitrogens with one attached hydrogen (secondary N) is 1. The van der Waals surface area contributed by atoms with Crippen LogP contribution in [0.1, 0.15) is 41.4 Å². The standard InChI is InChI=1S/C19H23NO3/c1-5-23-18-9-7-6-8-15(18)19(21)20-14(3)16-12-13(2)10-11-17(16)22-4/h6-12,14H,5H2,1-4H3,(H,20,21). The second-order valence-corrected chi connectivity index (χ2v) is 5.37. The lowest BCUT2D eigenvalue weighted by molar-refractivity contribution is 0.0935. The molecule has 0 heterocycles. The van der Waals surface area contributed by atoms with Crippen LogP contribution in [0.2, 0.25) is 0 Å². The Bertz CT molecular complexity index is 682. The fraction of sp³-hybridized carbons (Fsp3) is 0.316. The molecule has 1 unspecified atom stereocenters. The van der Waals surface area contributed by atoms with E-state index in [2.05, 4.69) is 5.32 Å². The molecule has 122 valence electrons. The molecule has 1 amide bonds. The van der Waals surface area contributed by atoms with Crippen LogP contribution in [0.4, 0.5) is 0 Å². The molecule has 0 saturated carbocycles. The Morgan fingerprint density at radius 1 is 1.17 bits per heavy atom. The lowest BCUT2D eigenvalue weighted by atomic mass is 10.0. The third-order valence-corrected chi connectivity index (χ3v) is 3.63. The Morgan fingerprint density at radius 3 is 2.61 bits per heavy atom. The zero-order valence-corrected chi connectivity index (χ0v) is 14.1. The van der Waals surface area contributed by atoms with Gasteiger partial charge in [0, 0.05) is 5.56 Å². The number of carbonyl (C=O) groups excluding carboxylic acids is 1. The molecule has 0 aliphatic heterocycles. The first-order chi connectivity index (χ1) is 11.1. The lowest BCUT2D eigenvalue weighted by Gasteiger charge is -2.19.